The molecule has 195 valence electrons. The molecule has 0 saturated carbocycles. The minimum absolute atomic E-state index is 0. The van der Waals surface area contributed by atoms with Crippen LogP contribution in [0.5, 0.6) is 0 Å². The molecule has 1 radical (unpaired) electrons. The first-order valence-corrected chi connectivity index (χ1v) is 12.7. The van der Waals surface area contributed by atoms with Gasteiger partial charge >= 0.3 is 0 Å². The Labute approximate surface area is 244 Å². The molecule has 8 rings (SSSR count). The van der Waals surface area contributed by atoms with Crippen LogP contribution in [0.4, 0.5) is 0 Å². The van der Waals surface area contributed by atoms with Crippen molar-refractivity contribution in [2.75, 3.05) is 0 Å². The largest absolute Gasteiger partial charge is 0.501 e. The van der Waals surface area contributed by atoms with Gasteiger partial charge in [0.2, 0.25) is 0 Å². The van der Waals surface area contributed by atoms with Crippen LogP contribution >= 0.6 is 0 Å². The van der Waals surface area contributed by atoms with E-state index in [0.717, 1.165) is 66.4 Å². The van der Waals surface area contributed by atoms with Gasteiger partial charge in [-0.1, -0.05) is 59.5 Å². The van der Waals surface area contributed by atoms with Gasteiger partial charge in [-0.05, 0) is 42.1 Å². The second kappa shape index (κ2) is 10.9. The first kappa shape index (κ1) is 25.7. The number of fused-ring (bicyclic) bond motifs is 6. The van der Waals surface area contributed by atoms with Crippen LogP contribution in [-0.2, 0) is 20.1 Å². The van der Waals surface area contributed by atoms with E-state index in [1.165, 1.54) is 5.56 Å². The van der Waals surface area contributed by atoms with Gasteiger partial charge in [-0.2, -0.15) is 0 Å². The molecule has 4 heterocycles. The molecule has 40 heavy (non-hydrogen) atoms. The quantitative estimate of drug-likeness (QED) is 0.169. The summed E-state index contributed by atoms with van der Waals surface area (Å²) < 4.78 is 12.1. The molecule has 0 atom stereocenters. The molecule has 0 bridgehead atoms. The predicted molar refractivity (Wildman–Crippen MR) is 156 cm³/mol. The number of benzene rings is 4. The van der Waals surface area contributed by atoms with Crippen LogP contribution < -0.4 is 0 Å². The number of rotatable bonds is 2. The maximum Gasteiger partial charge on any atom is 0.151 e. The molecular weight excluding hydrogens is 673 g/mol. The number of hydrogen-bond acceptors (Lipinski definition) is 4. The van der Waals surface area contributed by atoms with Gasteiger partial charge in [0, 0.05) is 42.5 Å². The van der Waals surface area contributed by atoms with E-state index in [2.05, 4.69) is 59.4 Å². The van der Waals surface area contributed by atoms with E-state index in [1.807, 2.05) is 72.8 Å². The summed E-state index contributed by atoms with van der Waals surface area (Å²) in [7, 11) is 0. The summed E-state index contributed by atoms with van der Waals surface area (Å²) in [6.07, 6.45) is 3.57. The first-order chi connectivity index (χ1) is 19.2. The van der Waals surface area contributed by atoms with E-state index < -0.39 is 0 Å². The second-order valence-electron chi connectivity index (χ2n) is 9.35. The molecule has 0 saturated heterocycles. The van der Waals surface area contributed by atoms with Crippen LogP contribution in [0.15, 0.2) is 124 Å². The molecule has 0 aliphatic rings. The Morgan fingerprint density at radius 2 is 1.45 bits per heavy atom. The number of pyridine rings is 2. The fourth-order valence-corrected chi connectivity index (χ4v) is 4.88. The fraction of sp³-hybridized carbons (Fsp3) is 0.0286. The molecule has 5 heteroatoms. The van der Waals surface area contributed by atoms with E-state index in [-0.39, 0.29) is 20.1 Å². The summed E-state index contributed by atoms with van der Waals surface area (Å²) in [6.45, 7) is 2.07. The number of hydrogen-bond donors (Lipinski definition) is 0. The third kappa shape index (κ3) is 4.71. The van der Waals surface area contributed by atoms with Gasteiger partial charge in [0.05, 0.1) is 11.8 Å². The van der Waals surface area contributed by atoms with Crippen molar-refractivity contribution in [1.29, 1.82) is 0 Å². The minimum atomic E-state index is 0. The number of furan rings is 2. The standard InChI is InChI=1S/C24H14NO2.C11H8N.Ir/c1-14-9-10-16-17-6-4-7-18(24(17)27-22(16)11-14)20-12-19-15-5-2-3-8-21(15)26-23(19)13-25-20;1-2-6-10(7-3-1)11-8-4-5-9-12-11;/h2-6,8-13H,1H3;1-6,8-9H;/q2*-1;. The Morgan fingerprint density at radius 3 is 2.30 bits per heavy atom. The van der Waals surface area contributed by atoms with Crippen molar-refractivity contribution in [2.24, 2.45) is 0 Å². The van der Waals surface area contributed by atoms with E-state index >= 15 is 0 Å². The summed E-state index contributed by atoms with van der Waals surface area (Å²) in [6, 6.07) is 40.5. The normalized spacial score (nSPS) is 10.9. The van der Waals surface area contributed by atoms with Crippen LogP contribution in [-0.4, -0.2) is 9.97 Å². The molecule has 4 nitrogen and oxygen atoms in total. The average molecular weight is 695 g/mol. The van der Waals surface area contributed by atoms with E-state index in [1.54, 1.807) is 12.4 Å². The zero-order valence-corrected chi connectivity index (χ0v) is 23.9. The zero-order chi connectivity index (χ0) is 26.2. The van der Waals surface area contributed by atoms with Crippen LogP contribution in [0.1, 0.15) is 5.56 Å². The van der Waals surface area contributed by atoms with Crippen molar-refractivity contribution in [3.05, 3.63) is 133 Å². The molecule has 0 unspecified atom stereocenters. The fourth-order valence-electron chi connectivity index (χ4n) is 4.88. The van der Waals surface area contributed by atoms with Gasteiger partial charge in [0.1, 0.15) is 11.2 Å². The molecule has 0 aliphatic heterocycles. The van der Waals surface area contributed by atoms with Crippen LogP contribution in [0.2, 0.25) is 0 Å². The maximum absolute atomic E-state index is 6.21. The smallest absolute Gasteiger partial charge is 0.151 e. The molecule has 4 aromatic carbocycles. The zero-order valence-electron chi connectivity index (χ0n) is 21.5. The first-order valence-electron chi connectivity index (χ1n) is 12.7. The molecule has 0 aliphatic carbocycles. The molecular formula is C35H22IrN2O2-2. The van der Waals surface area contributed by atoms with E-state index in [0.29, 0.717) is 0 Å². The predicted octanol–water partition coefficient (Wildman–Crippen LogP) is 9.20. The molecule has 0 amide bonds. The summed E-state index contributed by atoms with van der Waals surface area (Å²) >= 11 is 0. The Morgan fingerprint density at radius 1 is 0.600 bits per heavy atom. The Hall–Kier alpha value is -4.57. The van der Waals surface area contributed by atoms with E-state index in [9.17, 15) is 0 Å². The third-order valence-electron chi connectivity index (χ3n) is 6.76. The molecule has 0 fully saturated rings. The van der Waals surface area contributed by atoms with Gasteiger partial charge < -0.3 is 18.8 Å². The van der Waals surface area contributed by atoms with Crippen molar-refractivity contribution in [3.8, 4) is 22.5 Å². The summed E-state index contributed by atoms with van der Waals surface area (Å²) in [5.74, 6) is 0. The Bertz CT molecular complexity index is 2040. The van der Waals surface area contributed by atoms with Crippen molar-refractivity contribution in [1.82, 2.24) is 9.97 Å². The molecule has 0 spiro atoms. The summed E-state index contributed by atoms with van der Waals surface area (Å²) in [4.78, 5) is 8.84. The van der Waals surface area contributed by atoms with Crippen LogP contribution in [0, 0.1) is 19.1 Å². The monoisotopic (exact) mass is 695 g/mol. The van der Waals surface area contributed by atoms with Gasteiger partial charge in [-0.15, -0.1) is 54.1 Å². The van der Waals surface area contributed by atoms with Crippen molar-refractivity contribution >= 4 is 43.9 Å². The van der Waals surface area contributed by atoms with Crippen molar-refractivity contribution in [3.63, 3.8) is 0 Å². The number of aryl methyl sites for hydroxylation is 1. The molecule has 8 aromatic rings. The SMILES string of the molecule is Cc1ccc2c(c1)oc1c(-c3cc4c(cn3)oc3ccccc34)[c-]ccc12.[Ir].[c-]1ccccc1-c1ccccn1. The number of para-hydroxylation sites is 1. The maximum atomic E-state index is 6.21. The Kier molecular flexibility index (Phi) is 7.00. The molecule has 4 aromatic heterocycles. The molecule has 0 N–H and O–H groups in total. The number of aromatic nitrogens is 2. The van der Waals surface area contributed by atoms with Gasteiger partial charge in [-0.25, -0.2) is 0 Å². The van der Waals surface area contributed by atoms with Crippen LogP contribution in [0.3, 0.4) is 0 Å². The van der Waals surface area contributed by atoms with E-state index in [4.69, 9.17) is 8.83 Å². The average Bonchev–Trinajstić information content (AvgIpc) is 3.56. The van der Waals surface area contributed by atoms with Gasteiger partial charge in [0.15, 0.2) is 5.58 Å². The van der Waals surface area contributed by atoms with Gasteiger partial charge in [0.25, 0.3) is 0 Å². The Balaban J connectivity index is 0.000000188. The number of nitrogens with zero attached hydrogens (tertiary/aromatic N) is 2. The van der Waals surface area contributed by atoms with Crippen LogP contribution in [0.25, 0.3) is 66.4 Å². The summed E-state index contributed by atoms with van der Waals surface area (Å²) in [5.41, 5.74) is 8.25. The van der Waals surface area contributed by atoms with Crippen molar-refractivity contribution in [2.45, 2.75) is 6.92 Å². The third-order valence-corrected chi connectivity index (χ3v) is 6.76. The minimum Gasteiger partial charge on any atom is -0.501 e. The second-order valence-corrected chi connectivity index (χ2v) is 9.35. The summed E-state index contributed by atoms with van der Waals surface area (Å²) in [5, 5.41) is 4.33. The topological polar surface area (TPSA) is 52.1 Å². The van der Waals surface area contributed by atoms with Crippen molar-refractivity contribution < 1.29 is 28.9 Å². The van der Waals surface area contributed by atoms with Gasteiger partial charge in [-0.3, -0.25) is 0 Å².